The number of carbonyl (C=O) groups excluding carboxylic acids is 1. The molecule has 26 heavy (non-hydrogen) atoms. The first-order valence-electron chi connectivity index (χ1n) is 9.26. The van der Waals surface area contributed by atoms with Crippen LogP contribution in [-0.2, 0) is 5.54 Å². The van der Waals surface area contributed by atoms with Crippen LogP contribution in [0.15, 0.2) is 28.3 Å². The van der Waals surface area contributed by atoms with Crippen LogP contribution in [-0.4, -0.2) is 39.1 Å². The zero-order chi connectivity index (χ0) is 18.0. The normalized spacial score (nSPS) is 20.5. The molecule has 1 N–H and O–H groups in total. The SMILES string of the molecule is C=NCC1(n2cc(C(NC(=O)c3cocn3)C3CCCCC3)nn2)CC1. The van der Waals surface area contributed by atoms with Gasteiger partial charge in [0, 0.05) is 0 Å². The molecule has 0 radical (unpaired) electrons. The highest BCUT2D eigenvalue weighted by molar-refractivity contribution is 5.92. The van der Waals surface area contributed by atoms with Crippen molar-refractivity contribution in [3.63, 3.8) is 0 Å². The van der Waals surface area contributed by atoms with Crippen LogP contribution < -0.4 is 5.32 Å². The highest BCUT2D eigenvalue weighted by Gasteiger charge is 2.46. The molecule has 4 rings (SSSR count). The maximum atomic E-state index is 12.5. The van der Waals surface area contributed by atoms with E-state index in [4.69, 9.17) is 4.42 Å². The molecule has 0 saturated heterocycles. The fourth-order valence-corrected chi connectivity index (χ4v) is 3.90. The van der Waals surface area contributed by atoms with Crippen molar-refractivity contribution in [1.29, 1.82) is 0 Å². The summed E-state index contributed by atoms with van der Waals surface area (Å²) in [6.07, 6.45) is 12.4. The second-order valence-electron chi connectivity index (χ2n) is 7.42. The van der Waals surface area contributed by atoms with Crippen LogP contribution in [0.2, 0.25) is 0 Å². The molecule has 0 aromatic carbocycles. The molecule has 0 bridgehead atoms. The summed E-state index contributed by atoms with van der Waals surface area (Å²) in [6.45, 7) is 4.26. The molecule has 2 aliphatic carbocycles. The summed E-state index contributed by atoms with van der Waals surface area (Å²) in [5, 5.41) is 11.9. The third-order valence-electron chi connectivity index (χ3n) is 5.62. The monoisotopic (exact) mass is 356 g/mol. The number of nitrogens with one attached hydrogen (secondary N) is 1. The molecule has 2 heterocycles. The minimum Gasteiger partial charge on any atom is -0.451 e. The summed E-state index contributed by atoms with van der Waals surface area (Å²) < 4.78 is 6.84. The lowest BCUT2D eigenvalue weighted by molar-refractivity contribution is 0.0905. The molecule has 8 nitrogen and oxygen atoms in total. The number of nitrogens with zero attached hydrogens (tertiary/aromatic N) is 5. The van der Waals surface area contributed by atoms with E-state index in [-0.39, 0.29) is 23.2 Å². The Hall–Kier alpha value is -2.51. The van der Waals surface area contributed by atoms with Crippen molar-refractivity contribution in [3.05, 3.63) is 30.2 Å². The lowest BCUT2D eigenvalue weighted by Crippen LogP contribution is -2.35. The van der Waals surface area contributed by atoms with E-state index in [2.05, 4.69) is 32.3 Å². The van der Waals surface area contributed by atoms with Gasteiger partial charge >= 0.3 is 0 Å². The Balaban J connectivity index is 1.57. The fourth-order valence-electron chi connectivity index (χ4n) is 3.90. The average molecular weight is 356 g/mol. The zero-order valence-electron chi connectivity index (χ0n) is 14.8. The summed E-state index contributed by atoms with van der Waals surface area (Å²) in [7, 11) is 0. The number of hydrogen-bond donors (Lipinski definition) is 1. The van der Waals surface area contributed by atoms with Crippen molar-refractivity contribution in [2.45, 2.75) is 56.5 Å². The fraction of sp³-hybridized carbons (Fsp3) is 0.611. The average Bonchev–Trinajstić information content (AvgIpc) is 3.08. The van der Waals surface area contributed by atoms with E-state index in [1.165, 1.54) is 31.9 Å². The van der Waals surface area contributed by atoms with Gasteiger partial charge in [0.1, 0.15) is 12.0 Å². The Kier molecular flexibility index (Phi) is 4.57. The van der Waals surface area contributed by atoms with Crippen molar-refractivity contribution < 1.29 is 9.21 Å². The molecular weight excluding hydrogens is 332 g/mol. The molecule has 138 valence electrons. The largest absolute Gasteiger partial charge is 0.451 e. The summed E-state index contributed by atoms with van der Waals surface area (Å²) in [5.41, 5.74) is 1.03. The molecular formula is C18H24N6O2. The Morgan fingerprint density at radius 2 is 2.23 bits per heavy atom. The molecule has 2 aromatic rings. The Bertz CT molecular complexity index is 759. The second kappa shape index (κ2) is 7.01. The Morgan fingerprint density at radius 3 is 2.88 bits per heavy atom. The van der Waals surface area contributed by atoms with Gasteiger partial charge in [-0.1, -0.05) is 24.5 Å². The molecule has 2 fully saturated rings. The smallest absolute Gasteiger partial charge is 0.273 e. The molecule has 2 aromatic heterocycles. The van der Waals surface area contributed by atoms with E-state index >= 15 is 0 Å². The van der Waals surface area contributed by atoms with Crippen LogP contribution in [0.3, 0.4) is 0 Å². The van der Waals surface area contributed by atoms with E-state index in [1.807, 2.05) is 10.9 Å². The van der Waals surface area contributed by atoms with Gasteiger partial charge in [0.05, 0.1) is 24.3 Å². The predicted octanol–water partition coefficient (Wildman–Crippen LogP) is 2.51. The number of amides is 1. The molecule has 1 unspecified atom stereocenters. The topological polar surface area (TPSA) is 98.2 Å². The summed E-state index contributed by atoms with van der Waals surface area (Å²) >= 11 is 0. The molecule has 8 heteroatoms. The number of oxazole rings is 1. The summed E-state index contributed by atoms with van der Waals surface area (Å²) in [5.74, 6) is 0.121. The van der Waals surface area contributed by atoms with Gasteiger partial charge in [0.2, 0.25) is 0 Å². The Morgan fingerprint density at radius 1 is 1.42 bits per heavy atom. The lowest BCUT2D eigenvalue weighted by atomic mass is 9.82. The molecule has 1 amide bonds. The van der Waals surface area contributed by atoms with Gasteiger partial charge in [-0.2, -0.15) is 0 Å². The van der Waals surface area contributed by atoms with E-state index in [9.17, 15) is 4.79 Å². The standard InChI is InChI=1S/C18H24N6O2/c1-19-11-18(7-8-18)24-9-14(22-23-24)16(13-5-3-2-4-6-13)21-17(25)15-10-26-12-20-15/h9-10,12-13,16H,1-8,11H2,(H,21,25). The second-order valence-corrected chi connectivity index (χ2v) is 7.42. The molecule has 2 saturated carbocycles. The first kappa shape index (κ1) is 16.9. The van der Waals surface area contributed by atoms with Gasteiger partial charge in [-0.05, 0) is 38.3 Å². The number of aliphatic imine (C=N–C) groups is 1. The molecule has 2 aliphatic rings. The first-order valence-corrected chi connectivity index (χ1v) is 9.26. The third-order valence-corrected chi connectivity index (χ3v) is 5.62. The quantitative estimate of drug-likeness (QED) is 0.769. The van der Waals surface area contributed by atoms with Crippen molar-refractivity contribution >= 4 is 12.6 Å². The number of hydrogen-bond acceptors (Lipinski definition) is 6. The van der Waals surface area contributed by atoms with Crippen molar-refractivity contribution in [3.8, 4) is 0 Å². The number of rotatable bonds is 7. The van der Waals surface area contributed by atoms with Gasteiger partial charge in [-0.25, -0.2) is 9.67 Å². The van der Waals surface area contributed by atoms with Gasteiger partial charge < -0.3 is 9.73 Å². The van der Waals surface area contributed by atoms with Crippen molar-refractivity contribution in [2.75, 3.05) is 6.54 Å². The van der Waals surface area contributed by atoms with E-state index in [0.29, 0.717) is 12.5 Å². The Labute approximate surface area is 152 Å². The predicted molar refractivity (Wildman–Crippen MR) is 94.9 cm³/mol. The summed E-state index contributed by atoms with van der Waals surface area (Å²) in [4.78, 5) is 20.5. The van der Waals surface area contributed by atoms with Crippen LogP contribution in [0.25, 0.3) is 0 Å². The minimum absolute atomic E-state index is 0.0692. The van der Waals surface area contributed by atoms with Gasteiger partial charge in [0.15, 0.2) is 12.1 Å². The first-order chi connectivity index (χ1) is 12.7. The van der Waals surface area contributed by atoms with Crippen LogP contribution >= 0.6 is 0 Å². The number of aromatic nitrogens is 4. The minimum atomic E-state index is -0.238. The lowest BCUT2D eigenvalue weighted by Gasteiger charge is -2.29. The van der Waals surface area contributed by atoms with Gasteiger partial charge in [-0.3, -0.25) is 9.79 Å². The maximum Gasteiger partial charge on any atom is 0.273 e. The van der Waals surface area contributed by atoms with Crippen LogP contribution in [0.1, 0.15) is 67.2 Å². The highest BCUT2D eigenvalue weighted by Crippen LogP contribution is 2.43. The van der Waals surface area contributed by atoms with Crippen LogP contribution in [0, 0.1) is 5.92 Å². The number of carbonyl (C=O) groups is 1. The van der Waals surface area contributed by atoms with Crippen molar-refractivity contribution in [1.82, 2.24) is 25.3 Å². The molecule has 1 atom stereocenters. The molecule has 0 spiro atoms. The van der Waals surface area contributed by atoms with E-state index in [1.54, 1.807) is 0 Å². The van der Waals surface area contributed by atoms with E-state index in [0.717, 1.165) is 31.4 Å². The van der Waals surface area contributed by atoms with Crippen LogP contribution in [0.5, 0.6) is 0 Å². The van der Waals surface area contributed by atoms with Crippen molar-refractivity contribution in [2.24, 2.45) is 10.9 Å². The van der Waals surface area contributed by atoms with E-state index < -0.39 is 0 Å². The maximum absolute atomic E-state index is 12.5. The third kappa shape index (κ3) is 3.27. The van der Waals surface area contributed by atoms with Gasteiger partial charge in [-0.15, -0.1) is 5.10 Å². The highest BCUT2D eigenvalue weighted by atomic mass is 16.3. The molecule has 0 aliphatic heterocycles. The van der Waals surface area contributed by atoms with Crippen LogP contribution in [0.4, 0.5) is 0 Å². The summed E-state index contributed by atoms with van der Waals surface area (Å²) in [6, 6.07) is -0.166. The van der Waals surface area contributed by atoms with Gasteiger partial charge in [0.25, 0.3) is 5.91 Å². The zero-order valence-corrected chi connectivity index (χ0v) is 14.8.